The first kappa shape index (κ1) is 19.5. The van der Waals surface area contributed by atoms with Gasteiger partial charge in [-0.1, -0.05) is 60.7 Å². The number of aliphatic hydroxyl groups excluding tert-OH is 1. The van der Waals surface area contributed by atoms with E-state index in [-0.39, 0.29) is 18.1 Å². The van der Waals surface area contributed by atoms with E-state index in [1.165, 1.54) is 5.56 Å². The van der Waals surface area contributed by atoms with Gasteiger partial charge in [0, 0.05) is 13.1 Å². The second-order valence-electron chi connectivity index (χ2n) is 7.20. The Morgan fingerprint density at radius 3 is 2.41 bits per heavy atom. The first-order valence-electron chi connectivity index (χ1n) is 9.47. The zero-order chi connectivity index (χ0) is 19.1. The summed E-state index contributed by atoms with van der Waals surface area (Å²) < 4.78 is 5.75. The molecule has 1 heterocycles. The normalized spacial score (nSPS) is 22.1. The maximum absolute atomic E-state index is 12.2. The molecule has 1 aliphatic heterocycles. The molecule has 1 amide bonds. The van der Waals surface area contributed by atoms with Gasteiger partial charge in [0.1, 0.15) is 6.10 Å². The number of benzene rings is 2. The Bertz CT molecular complexity index is 708. The largest absolute Gasteiger partial charge is 0.388 e. The number of nitrogens with zero attached hydrogens (tertiary/aromatic N) is 1. The highest BCUT2D eigenvalue weighted by Gasteiger charge is 2.37. The molecule has 1 aliphatic rings. The second kappa shape index (κ2) is 9.65. The van der Waals surface area contributed by atoms with E-state index in [0.29, 0.717) is 19.6 Å². The molecule has 2 aromatic carbocycles. The van der Waals surface area contributed by atoms with E-state index in [2.05, 4.69) is 22.3 Å². The third-order valence-electron chi connectivity index (χ3n) is 4.95. The van der Waals surface area contributed by atoms with E-state index in [4.69, 9.17) is 4.74 Å². The Hall–Kier alpha value is -2.21. The summed E-state index contributed by atoms with van der Waals surface area (Å²) in [6.07, 6.45) is 0.292. The van der Waals surface area contributed by atoms with Gasteiger partial charge >= 0.3 is 0 Å². The predicted octanol–water partition coefficient (Wildman–Crippen LogP) is 1.65. The van der Waals surface area contributed by atoms with Crippen molar-refractivity contribution in [3.63, 3.8) is 0 Å². The minimum Gasteiger partial charge on any atom is -0.388 e. The molecule has 0 aromatic heterocycles. The van der Waals surface area contributed by atoms with Crippen LogP contribution in [-0.4, -0.2) is 60.9 Å². The number of aliphatic hydroxyl groups is 1. The highest BCUT2D eigenvalue weighted by molar-refractivity contribution is 5.79. The zero-order valence-electron chi connectivity index (χ0n) is 15.8. The van der Waals surface area contributed by atoms with E-state index in [1.807, 2.05) is 55.6 Å². The lowest BCUT2D eigenvalue weighted by Crippen LogP contribution is -2.47. The Morgan fingerprint density at radius 1 is 1.11 bits per heavy atom. The summed E-state index contributed by atoms with van der Waals surface area (Å²) in [5.74, 6) is -0.0908. The molecular formula is C22H28N2O3. The van der Waals surface area contributed by atoms with E-state index < -0.39 is 6.10 Å². The fourth-order valence-electron chi connectivity index (χ4n) is 3.37. The van der Waals surface area contributed by atoms with E-state index in [9.17, 15) is 9.90 Å². The van der Waals surface area contributed by atoms with Crippen molar-refractivity contribution in [3.05, 3.63) is 71.8 Å². The lowest BCUT2D eigenvalue weighted by molar-refractivity contribution is -0.121. The Kier molecular flexibility index (Phi) is 6.98. The molecule has 3 rings (SSSR count). The molecule has 144 valence electrons. The van der Waals surface area contributed by atoms with Gasteiger partial charge in [0.05, 0.1) is 25.2 Å². The molecule has 0 spiro atoms. The molecule has 5 heteroatoms. The van der Waals surface area contributed by atoms with Crippen LogP contribution in [0.15, 0.2) is 60.7 Å². The molecule has 2 aromatic rings. The van der Waals surface area contributed by atoms with Crippen LogP contribution in [0.2, 0.25) is 0 Å². The number of hydrogen-bond acceptors (Lipinski definition) is 4. The summed E-state index contributed by atoms with van der Waals surface area (Å²) in [7, 11) is 2.03. The van der Waals surface area contributed by atoms with Crippen LogP contribution in [0.3, 0.4) is 0 Å². The summed E-state index contributed by atoms with van der Waals surface area (Å²) in [5, 5.41) is 13.4. The topological polar surface area (TPSA) is 61.8 Å². The van der Waals surface area contributed by atoms with Gasteiger partial charge in [0.25, 0.3) is 0 Å². The van der Waals surface area contributed by atoms with Crippen molar-refractivity contribution < 1.29 is 14.6 Å². The van der Waals surface area contributed by atoms with Crippen molar-refractivity contribution in [2.75, 3.05) is 26.7 Å². The lowest BCUT2D eigenvalue weighted by atomic mass is 10.1. The van der Waals surface area contributed by atoms with Crippen molar-refractivity contribution in [1.82, 2.24) is 10.2 Å². The average molecular weight is 368 g/mol. The molecule has 3 atom stereocenters. The molecule has 2 N–H and O–H groups in total. The maximum atomic E-state index is 12.2. The average Bonchev–Trinajstić information content (AvgIpc) is 3.01. The van der Waals surface area contributed by atoms with Crippen LogP contribution in [-0.2, 0) is 22.4 Å². The number of likely N-dealkylation sites (N-methyl/N-ethyl adjacent to an activating group) is 1. The van der Waals surface area contributed by atoms with Crippen LogP contribution in [0.1, 0.15) is 11.1 Å². The SMILES string of the molecule is CN(CCc1ccccc1)CC1OCC(NC(=O)Cc2ccccc2)C1O. The van der Waals surface area contributed by atoms with Crippen molar-refractivity contribution in [2.24, 2.45) is 0 Å². The molecule has 3 unspecified atom stereocenters. The van der Waals surface area contributed by atoms with Gasteiger partial charge in [-0.2, -0.15) is 0 Å². The predicted molar refractivity (Wildman–Crippen MR) is 105 cm³/mol. The molecule has 0 radical (unpaired) electrons. The maximum Gasteiger partial charge on any atom is 0.224 e. The highest BCUT2D eigenvalue weighted by Crippen LogP contribution is 2.16. The molecular weight excluding hydrogens is 340 g/mol. The minimum atomic E-state index is -0.691. The number of nitrogens with one attached hydrogen (secondary N) is 1. The van der Waals surface area contributed by atoms with Crippen molar-refractivity contribution in [2.45, 2.75) is 31.1 Å². The van der Waals surface area contributed by atoms with Crippen molar-refractivity contribution >= 4 is 5.91 Å². The summed E-state index contributed by atoms with van der Waals surface area (Å²) >= 11 is 0. The van der Waals surface area contributed by atoms with Gasteiger partial charge in [-0.25, -0.2) is 0 Å². The fraction of sp³-hybridized carbons (Fsp3) is 0.409. The molecule has 5 nitrogen and oxygen atoms in total. The van der Waals surface area contributed by atoms with Crippen LogP contribution in [0.4, 0.5) is 0 Å². The Labute approximate surface area is 161 Å². The molecule has 0 bridgehead atoms. The molecule has 1 saturated heterocycles. The Balaban J connectivity index is 1.42. The third kappa shape index (κ3) is 5.89. The number of ether oxygens (including phenoxy) is 1. The lowest BCUT2D eigenvalue weighted by Gasteiger charge is -2.24. The van der Waals surface area contributed by atoms with Crippen LogP contribution in [0, 0.1) is 0 Å². The number of hydrogen-bond donors (Lipinski definition) is 2. The van der Waals surface area contributed by atoms with E-state index >= 15 is 0 Å². The highest BCUT2D eigenvalue weighted by atomic mass is 16.5. The van der Waals surface area contributed by atoms with Gasteiger partial charge in [-0.3, -0.25) is 4.79 Å². The molecule has 27 heavy (non-hydrogen) atoms. The van der Waals surface area contributed by atoms with Crippen LogP contribution in [0.5, 0.6) is 0 Å². The van der Waals surface area contributed by atoms with Crippen LogP contribution >= 0.6 is 0 Å². The van der Waals surface area contributed by atoms with Gasteiger partial charge in [0.2, 0.25) is 5.91 Å². The zero-order valence-corrected chi connectivity index (χ0v) is 15.8. The van der Waals surface area contributed by atoms with Crippen LogP contribution < -0.4 is 5.32 Å². The standard InChI is InChI=1S/C22H28N2O3/c1-24(13-12-17-8-4-2-5-9-17)15-20-22(26)19(16-27-20)23-21(25)14-18-10-6-3-7-11-18/h2-11,19-20,22,26H,12-16H2,1H3,(H,23,25). The smallest absolute Gasteiger partial charge is 0.224 e. The van der Waals surface area contributed by atoms with E-state index in [1.54, 1.807) is 0 Å². The third-order valence-corrected chi connectivity index (χ3v) is 4.95. The molecule has 0 saturated carbocycles. The van der Waals surface area contributed by atoms with Crippen molar-refractivity contribution in [1.29, 1.82) is 0 Å². The monoisotopic (exact) mass is 368 g/mol. The minimum absolute atomic E-state index is 0.0908. The fourth-order valence-corrected chi connectivity index (χ4v) is 3.37. The van der Waals surface area contributed by atoms with E-state index in [0.717, 1.165) is 18.5 Å². The summed E-state index contributed by atoms with van der Waals surface area (Å²) in [6.45, 7) is 1.87. The quantitative estimate of drug-likeness (QED) is 0.744. The summed E-state index contributed by atoms with van der Waals surface area (Å²) in [5.41, 5.74) is 2.25. The first-order chi connectivity index (χ1) is 13.1. The second-order valence-corrected chi connectivity index (χ2v) is 7.20. The van der Waals surface area contributed by atoms with Crippen LogP contribution in [0.25, 0.3) is 0 Å². The Morgan fingerprint density at radius 2 is 1.74 bits per heavy atom. The number of carbonyl (C=O) groups excluding carboxylic acids is 1. The summed E-state index contributed by atoms with van der Waals surface area (Å²) in [4.78, 5) is 14.4. The van der Waals surface area contributed by atoms with Gasteiger partial charge < -0.3 is 20.1 Å². The summed E-state index contributed by atoms with van der Waals surface area (Å²) in [6, 6.07) is 19.6. The number of rotatable bonds is 8. The van der Waals surface area contributed by atoms with Gasteiger partial charge in [0.15, 0.2) is 0 Å². The first-order valence-corrected chi connectivity index (χ1v) is 9.47. The van der Waals surface area contributed by atoms with Gasteiger partial charge in [-0.15, -0.1) is 0 Å². The number of carbonyl (C=O) groups is 1. The molecule has 1 fully saturated rings. The van der Waals surface area contributed by atoms with Crippen molar-refractivity contribution in [3.8, 4) is 0 Å². The van der Waals surface area contributed by atoms with Gasteiger partial charge in [-0.05, 0) is 24.6 Å². The number of amides is 1. The molecule has 0 aliphatic carbocycles.